The largest absolute Gasteiger partial charge is 0.345 e. The average Bonchev–Trinajstić information content (AvgIpc) is 3.05. The quantitative estimate of drug-likeness (QED) is 0.568. The number of H-pyrrole nitrogens is 1. The minimum absolute atomic E-state index is 0.0812. The predicted octanol–water partition coefficient (Wildman–Crippen LogP) is 3.00. The molecule has 0 spiro atoms. The van der Waals surface area contributed by atoms with Crippen LogP contribution in [0.1, 0.15) is 48.8 Å². The summed E-state index contributed by atoms with van der Waals surface area (Å²) < 4.78 is 1.30. The van der Waals surface area contributed by atoms with Gasteiger partial charge in [0.1, 0.15) is 12.4 Å². The van der Waals surface area contributed by atoms with Crippen LogP contribution in [0.5, 0.6) is 0 Å². The van der Waals surface area contributed by atoms with Gasteiger partial charge in [-0.05, 0) is 61.8 Å². The molecule has 0 saturated heterocycles. The fraction of sp³-hybridized carbons (Fsp3) is 0.455. The van der Waals surface area contributed by atoms with Gasteiger partial charge in [0.05, 0.1) is 22.8 Å². The molecule has 2 heterocycles. The van der Waals surface area contributed by atoms with Gasteiger partial charge in [-0.15, -0.1) is 0 Å². The van der Waals surface area contributed by atoms with Crippen molar-refractivity contribution in [3.63, 3.8) is 0 Å². The van der Waals surface area contributed by atoms with Crippen LogP contribution < -0.4 is 10.9 Å². The minimum Gasteiger partial charge on any atom is -0.345 e. The van der Waals surface area contributed by atoms with E-state index in [0.717, 1.165) is 72.4 Å². The Morgan fingerprint density at radius 3 is 2.93 bits per heavy atom. The molecule has 2 N–H and O–H groups in total. The van der Waals surface area contributed by atoms with Crippen molar-refractivity contribution in [2.24, 2.45) is 0 Å². The molecule has 30 heavy (non-hydrogen) atoms. The molecule has 1 unspecified atom stereocenters. The topological polar surface area (TPSA) is 92.7 Å². The number of carbonyl (C=O) groups excluding carboxylic acids is 1. The van der Waals surface area contributed by atoms with Gasteiger partial charge in [0.2, 0.25) is 5.91 Å². The maximum Gasteiger partial charge on any atom is 0.267 e. The summed E-state index contributed by atoms with van der Waals surface area (Å²) in [6, 6.07) is 9.23. The van der Waals surface area contributed by atoms with E-state index in [1.807, 2.05) is 30.5 Å². The lowest BCUT2D eigenvalue weighted by atomic mass is 10.1. The maximum atomic E-state index is 12.8. The van der Waals surface area contributed by atoms with E-state index in [1.54, 1.807) is 17.8 Å². The second-order valence-corrected chi connectivity index (χ2v) is 8.70. The summed E-state index contributed by atoms with van der Waals surface area (Å²) >= 11 is 1.72. The highest BCUT2D eigenvalue weighted by Gasteiger charge is 2.20. The van der Waals surface area contributed by atoms with Crippen LogP contribution in [0, 0.1) is 0 Å². The molecule has 1 atom stereocenters. The van der Waals surface area contributed by atoms with Gasteiger partial charge in [-0.3, -0.25) is 9.59 Å². The van der Waals surface area contributed by atoms with E-state index in [0.29, 0.717) is 0 Å². The second-order valence-electron chi connectivity index (χ2n) is 7.71. The van der Waals surface area contributed by atoms with Crippen molar-refractivity contribution >= 4 is 28.7 Å². The van der Waals surface area contributed by atoms with Crippen molar-refractivity contribution in [2.75, 3.05) is 12.0 Å². The highest BCUT2D eigenvalue weighted by molar-refractivity contribution is 7.98. The molecule has 1 amide bonds. The molecule has 0 radical (unpaired) electrons. The van der Waals surface area contributed by atoms with Gasteiger partial charge in [0.25, 0.3) is 5.56 Å². The fourth-order valence-corrected chi connectivity index (χ4v) is 4.39. The lowest BCUT2D eigenvalue weighted by molar-refractivity contribution is -0.122. The fourth-order valence-electron chi connectivity index (χ4n) is 3.92. The van der Waals surface area contributed by atoms with Crippen molar-refractivity contribution in [2.45, 2.75) is 51.1 Å². The number of nitrogens with zero attached hydrogens (tertiary/aromatic N) is 3. The zero-order valence-corrected chi connectivity index (χ0v) is 18.0. The Bertz CT molecular complexity index is 1060. The van der Waals surface area contributed by atoms with E-state index in [1.165, 1.54) is 4.68 Å². The van der Waals surface area contributed by atoms with Gasteiger partial charge in [0, 0.05) is 6.07 Å². The number of amides is 1. The summed E-state index contributed by atoms with van der Waals surface area (Å²) in [5.41, 5.74) is 3.60. The first-order valence-corrected chi connectivity index (χ1v) is 11.9. The van der Waals surface area contributed by atoms with Gasteiger partial charge in [0.15, 0.2) is 0 Å². The molecule has 4 rings (SSSR count). The molecule has 0 saturated carbocycles. The number of fused-ring (bicyclic) bond motifs is 2. The van der Waals surface area contributed by atoms with Crippen molar-refractivity contribution in [3.8, 4) is 0 Å². The first-order valence-electron chi connectivity index (χ1n) is 10.5. The number of nitrogens with one attached hydrogen (secondary N) is 2. The van der Waals surface area contributed by atoms with Crippen molar-refractivity contribution in [3.05, 3.63) is 57.8 Å². The number of hydrogen-bond acceptors (Lipinski definition) is 5. The molecule has 0 bridgehead atoms. The van der Waals surface area contributed by atoms with Crippen LogP contribution in [0.4, 0.5) is 0 Å². The molecular weight excluding hydrogens is 398 g/mol. The van der Waals surface area contributed by atoms with E-state index >= 15 is 0 Å². The normalized spacial score (nSPS) is 14.8. The smallest absolute Gasteiger partial charge is 0.267 e. The Balaban J connectivity index is 1.51. The van der Waals surface area contributed by atoms with Crippen LogP contribution in [0.15, 0.2) is 35.1 Å². The third-order valence-corrected chi connectivity index (χ3v) is 6.14. The predicted molar refractivity (Wildman–Crippen MR) is 120 cm³/mol. The number of rotatable bonds is 7. The van der Waals surface area contributed by atoms with Crippen molar-refractivity contribution in [1.29, 1.82) is 0 Å². The van der Waals surface area contributed by atoms with E-state index < -0.39 is 0 Å². The zero-order valence-electron chi connectivity index (χ0n) is 17.2. The number of imidazole rings is 1. The molecule has 3 aromatic rings. The molecule has 1 aromatic carbocycles. The summed E-state index contributed by atoms with van der Waals surface area (Å²) in [7, 11) is 0. The third-order valence-electron chi connectivity index (χ3n) is 5.50. The second kappa shape index (κ2) is 9.47. The first kappa shape index (κ1) is 20.7. The summed E-state index contributed by atoms with van der Waals surface area (Å²) in [6.45, 7) is -0.0812. The maximum absolute atomic E-state index is 12.8. The zero-order chi connectivity index (χ0) is 20.9. The van der Waals surface area contributed by atoms with Gasteiger partial charge in [-0.2, -0.15) is 16.9 Å². The van der Waals surface area contributed by atoms with Crippen LogP contribution in [-0.2, 0) is 24.2 Å². The number of thioether (sulfide) groups is 1. The highest BCUT2D eigenvalue weighted by Crippen LogP contribution is 2.20. The van der Waals surface area contributed by atoms with Gasteiger partial charge in [-0.25, -0.2) is 9.67 Å². The van der Waals surface area contributed by atoms with E-state index in [2.05, 4.69) is 20.4 Å². The molecule has 158 valence electrons. The first-order chi connectivity index (χ1) is 14.6. The Hall–Kier alpha value is -2.61. The summed E-state index contributed by atoms with van der Waals surface area (Å²) in [4.78, 5) is 33.2. The van der Waals surface area contributed by atoms with E-state index in [4.69, 9.17) is 0 Å². The Morgan fingerprint density at radius 1 is 1.27 bits per heavy atom. The third kappa shape index (κ3) is 4.75. The Kier molecular flexibility index (Phi) is 6.52. The van der Waals surface area contributed by atoms with Crippen molar-refractivity contribution < 1.29 is 4.79 Å². The molecule has 2 aromatic heterocycles. The molecule has 0 fully saturated rings. The standard InChI is InChI=1S/C22H27N5O2S/c1-30-12-11-19(22-24-17-9-5-6-10-18(17)25-22)23-20(28)14-27-21(29)13-15-7-3-2-4-8-16(15)26-27/h5-6,9-10,13,19H,2-4,7-8,11-12,14H2,1H3,(H,23,28)(H,24,25). The number of aromatic nitrogens is 4. The SMILES string of the molecule is CSCCC(NC(=O)Cn1nc2c(cc1=O)CCCCC2)c1nc2ccccc2[nH]1. The number of carbonyl (C=O) groups is 1. The Morgan fingerprint density at radius 2 is 2.10 bits per heavy atom. The molecule has 1 aliphatic rings. The van der Waals surface area contributed by atoms with E-state index in [9.17, 15) is 9.59 Å². The Labute approximate surface area is 179 Å². The molecule has 7 nitrogen and oxygen atoms in total. The van der Waals surface area contributed by atoms with Crippen LogP contribution in [0.25, 0.3) is 11.0 Å². The molecule has 1 aliphatic carbocycles. The van der Waals surface area contributed by atoms with Gasteiger partial charge in [-0.1, -0.05) is 18.6 Å². The van der Waals surface area contributed by atoms with E-state index in [-0.39, 0.29) is 24.1 Å². The average molecular weight is 426 g/mol. The molecule has 8 heteroatoms. The van der Waals surface area contributed by atoms with Crippen LogP contribution in [-0.4, -0.2) is 37.7 Å². The summed E-state index contributed by atoms with van der Waals surface area (Å²) in [5, 5.41) is 7.56. The lowest BCUT2D eigenvalue weighted by Crippen LogP contribution is -2.36. The number of aryl methyl sites for hydroxylation is 2. The number of benzene rings is 1. The number of para-hydroxylation sites is 2. The van der Waals surface area contributed by atoms with Crippen LogP contribution in [0.2, 0.25) is 0 Å². The monoisotopic (exact) mass is 425 g/mol. The van der Waals surface area contributed by atoms with Gasteiger partial charge < -0.3 is 10.3 Å². The van der Waals surface area contributed by atoms with Crippen molar-refractivity contribution in [1.82, 2.24) is 25.1 Å². The van der Waals surface area contributed by atoms with Gasteiger partial charge >= 0.3 is 0 Å². The molecular formula is C22H27N5O2S. The molecule has 0 aliphatic heterocycles. The number of aromatic amines is 1. The van der Waals surface area contributed by atoms with Crippen LogP contribution >= 0.6 is 11.8 Å². The van der Waals surface area contributed by atoms with Crippen LogP contribution in [0.3, 0.4) is 0 Å². The summed E-state index contributed by atoms with van der Waals surface area (Å²) in [6.07, 6.45) is 7.87. The highest BCUT2D eigenvalue weighted by atomic mass is 32.2. The number of hydrogen-bond donors (Lipinski definition) is 2. The lowest BCUT2D eigenvalue weighted by Gasteiger charge is -2.17. The minimum atomic E-state index is -0.242. The summed E-state index contributed by atoms with van der Waals surface area (Å²) in [5.74, 6) is 1.39.